The number of benzene rings is 1. The second-order valence-corrected chi connectivity index (χ2v) is 5.75. The van der Waals surface area contributed by atoms with Crippen molar-refractivity contribution in [3.8, 4) is 0 Å². The smallest absolute Gasteiger partial charge is 0.128 e. The van der Waals surface area contributed by atoms with Gasteiger partial charge >= 0.3 is 0 Å². The van der Waals surface area contributed by atoms with Gasteiger partial charge in [-0.15, -0.1) is 11.3 Å². The van der Waals surface area contributed by atoms with Crippen LogP contribution in [0.2, 0.25) is 0 Å². The molecule has 1 heterocycles. The summed E-state index contributed by atoms with van der Waals surface area (Å²) in [5.41, 5.74) is 0.691. The van der Waals surface area contributed by atoms with Crippen LogP contribution in [0.1, 0.15) is 23.4 Å². The Bertz CT molecular complexity index is 484. The second-order valence-electron chi connectivity index (χ2n) is 3.85. The molecule has 2 aromatic rings. The minimum Gasteiger partial charge on any atom is -0.305 e. The first-order valence-corrected chi connectivity index (χ1v) is 7.05. The monoisotopic (exact) mass is 313 g/mol. The number of rotatable bonds is 4. The van der Waals surface area contributed by atoms with Gasteiger partial charge in [-0.05, 0) is 30.5 Å². The highest BCUT2D eigenvalue weighted by molar-refractivity contribution is 9.10. The Hall–Kier alpha value is -0.710. The van der Waals surface area contributed by atoms with Crippen molar-refractivity contribution in [2.24, 2.45) is 0 Å². The Morgan fingerprint density at radius 3 is 2.88 bits per heavy atom. The van der Waals surface area contributed by atoms with E-state index in [1.165, 1.54) is 10.9 Å². The first kappa shape index (κ1) is 12.7. The van der Waals surface area contributed by atoms with Gasteiger partial charge in [0.05, 0.1) is 0 Å². The first-order valence-electron chi connectivity index (χ1n) is 5.37. The highest BCUT2D eigenvalue weighted by atomic mass is 79.9. The molecule has 0 saturated carbocycles. The predicted molar refractivity (Wildman–Crippen MR) is 73.7 cm³/mol. The standard InChI is InChI=1S/C13H13BrFNS/c1-9(13-3-2-6-17-13)16-8-10-4-5-11(14)7-12(10)15/h2-7,9,16H,8H2,1H3/t9-/m0/s1. The van der Waals surface area contributed by atoms with Gasteiger partial charge in [-0.3, -0.25) is 0 Å². The summed E-state index contributed by atoms with van der Waals surface area (Å²) in [7, 11) is 0. The van der Waals surface area contributed by atoms with Crippen molar-refractivity contribution < 1.29 is 4.39 Å². The fraction of sp³-hybridized carbons (Fsp3) is 0.231. The summed E-state index contributed by atoms with van der Waals surface area (Å²) in [5, 5.41) is 5.37. The zero-order valence-electron chi connectivity index (χ0n) is 9.41. The summed E-state index contributed by atoms with van der Waals surface area (Å²) in [6.07, 6.45) is 0. The molecule has 0 fully saturated rings. The van der Waals surface area contributed by atoms with E-state index in [2.05, 4.69) is 34.2 Å². The Balaban J connectivity index is 1.98. The van der Waals surface area contributed by atoms with Crippen LogP contribution in [0.25, 0.3) is 0 Å². The Morgan fingerprint density at radius 2 is 2.24 bits per heavy atom. The SMILES string of the molecule is C[C@H](NCc1ccc(Br)cc1F)c1cccs1. The molecule has 0 unspecified atom stereocenters. The van der Waals surface area contributed by atoms with E-state index < -0.39 is 0 Å². The topological polar surface area (TPSA) is 12.0 Å². The van der Waals surface area contributed by atoms with E-state index >= 15 is 0 Å². The van der Waals surface area contributed by atoms with Crippen LogP contribution in [-0.2, 0) is 6.54 Å². The van der Waals surface area contributed by atoms with Gasteiger partial charge in [-0.1, -0.05) is 28.1 Å². The molecule has 0 bridgehead atoms. The molecule has 1 aromatic heterocycles. The zero-order chi connectivity index (χ0) is 12.3. The Kier molecular flexibility index (Phi) is 4.31. The van der Waals surface area contributed by atoms with E-state index in [9.17, 15) is 4.39 Å². The minimum atomic E-state index is -0.176. The molecule has 4 heteroatoms. The van der Waals surface area contributed by atoms with Crippen LogP contribution < -0.4 is 5.32 Å². The molecule has 0 amide bonds. The molecule has 17 heavy (non-hydrogen) atoms. The maximum atomic E-state index is 13.6. The molecule has 1 N–H and O–H groups in total. The molecule has 0 radical (unpaired) electrons. The molecule has 0 saturated heterocycles. The van der Waals surface area contributed by atoms with E-state index in [1.54, 1.807) is 17.4 Å². The molecule has 0 aliphatic rings. The van der Waals surface area contributed by atoms with Crippen molar-refractivity contribution >= 4 is 27.3 Å². The fourth-order valence-corrected chi connectivity index (χ4v) is 2.66. The molecule has 90 valence electrons. The van der Waals surface area contributed by atoms with Crippen molar-refractivity contribution in [3.63, 3.8) is 0 Å². The third-order valence-electron chi connectivity index (χ3n) is 2.58. The Morgan fingerprint density at radius 1 is 1.41 bits per heavy atom. The summed E-state index contributed by atoms with van der Waals surface area (Å²) in [6, 6.07) is 9.51. The lowest BCUT2D eigenvalue weighted by Crippen LogP contribution is -2.17. The average Bonchev–Trinajstić information content (AvgIpc) is 2.81. The van der Waals surface area contributed by atoms with Crippen LogP contribution in [0, 0.1) is 5.82 Å². The van der Waals surface area contributed by atoms with Crippen LogP contribution in [-0.4, -0.2) is 0 Å². The van der Waals surface area contributed by atoms with Gasteiger partial charge < -0.3 is 5.32 Å². The number of nitrogens with one attached hydrogen (secondary N) is 1. The summed E-state index contributed by atoms with van der Waals surface area (Å²) < 4.78 is 14.3. The quantitative estimate of drug-likeness (QED) is 0.876. The largest absolute Gasteiger partial charge is 0.305 e. The van der Waals surface area contributed by atoms with E-state index in [0.717, 1.165) is 4.47 Å². The molecule has 0 spiro atoms. The van der Waals surface area contributed by atoms with Gasteiger partial charge in [0.25, 0.3) is 0 Å². The number of thiophene rings is 1. The van der Waals surface area contributed by atoms with Crippen molar-refractivity contribution in [2.75, 3.05) is 0 Å². The highest BCUT2D eigenvalue weighted by Crippen LogP contribution is 2.20. The van der Waals surface area contributed by atoms with Crippen molar-refractivity contribution in [1.29, 1.82) is 0 Å². The molecular weight excluding hydrogens is 301 g/mol. The van der Waals surface area contributed by atoms with Gasteiger partial charge in [0.2, 0.25) is 0 Å². The molecule has 1 nitrogen and oxygen atoms in total. The van der Waals surface area contributed by atoms with Gasteiger partial charge in [-0.25, -0.2) is 4.39 Å². The molecule has 1 atom stereocenters. The fourth-order valence-electron chi connectivity index (χ4n) is 1.57. The molecule has 0 aliphatic heterocycles. The average molecular weight is 314 g/mol. The van der Waals surface area contributed by atoms with E-state index in [-0.39, 0.29) is 11.9 Å². The lowest BCUT2D eigenvalue weighted by Gasteiger charge is -2.12. The molecular formula is C13H13BrFNS. The summed E-state index contributed by atoms with van der Waals surface area (Å²) >= 11 is 4.96. The molecule has 2 rings (SSSR count). The lowest BCUT2D eigenvalue weighted by molar-refractivity contribution is 0.548. The van der Waals surface area contributed by atoms with Crippen LogP contribution in [0.3, 0.4) is 0 Å². The van der Waals surface area contributed by atoms with Crippen LogP contribution >= 0.6 is 27.3 Å². The molecule has 1 aromatic carbocycles. The second kappa shape index (κ2) is 5.76. The summed E-state index contributed by atoms with van der Waals surface area (Å²) in [4.78, 5) is 1.27. The van der Waals surface area contributed by atoms with Gasteiger partial charge in [0.1, 0.15) is 5.82 Å². The van der Waals surface area contributed by atoms with Crippen LogP contribution in [0.5, 0.6) is 0 Å². The highest BCUT2D eigenvalue weighted by Gasteiger charge is 2.07. The normalized spacial score (nSPS) is 12.6. The van der Waals surface area contributed by atoms with E-state index in [1.807, 2.05) is 17.5 Å². The Labute approximate surface area is 113 Å². The van der Waals surface area contributed by atoms with E-state index in [0.29, 0.717) is 12.1 Å². The third-order valence-corrected chi connectivity index (χ3v) is 4.13. The number of hydrogen-bond acceptors (Lipinski definition) is 2. The van der Waals surface area contributed by atoms with E-state index in [4.69, 9.17) is 0 Å². The number of halogens is 2. The van der Waals surface area contributed by atoms with Crippen molar-refractivity contribution in [1.82, 2.24) is 5.32 Å². The maximum absolute atomic E-state index is 13.6. The lowest BCUT2D eigenvalue weighted by atomic mass is 10.2. The first-order chi connectivity index (χ1) is 8.16. The minimum absolute atomic E-state index is 0.176. The number of hydrogen-bond donors (Lipinski definition) is 1. The van der Waals surface area contributed by atoms with Gasteiger partial charge in [-0.2, -0.15) is 0 Å². The predicted octanol–water partition coefficient (Wildman–Crippen LogP) is 4.50. The summed E-state index contributed by atoms with van der Waals surface area (Å²) in [5.74, 6) is -0.176. The van der Waals surface area contributed by atoms with Crippen LogP contribution in [0.15, 0.2) is 40.2 Å². The van der Waals surface area contributed by atoms with Gasteiger partial charge in [0, 0.05) is 27.5 Å². The summed E-state index contributed by atoms with van der Waals surface area (Å²) in [6.45, 7) is 2.63. The third kappa shape index (κ3) is 3.37. The molecule has 0 aliphatic carbocycles. The maximum Gasteiger partial charge on any atom is 0.128 e. The van der Waals surface area contributed by atoms with Crippen molar-refractivity contribution in [2.45, 2.75) is 19.5 Å². The zero-order valence-corrected chi connectivity index (χ0v) is 11.8. The van der Waals surface area contributed by atoms with Crippen molar-refractivity contribution in [3.05, 3.63) is 56.4 Å². The van der Waals surface area contributed by atoms with Crippen LogP contribution in [0.4, 0.5) is 4.39 Å². The van der Waals surface area contributed by atoms with Gasteiger partial charge in [0.15, 0.2) is 0 Å².